The first-order valence-electron chi connectivity index (χ1n) is 7.25. The van der Waals surface area contributed by atoms with Crippen molar-refractivity contribution >= 4 is 17.0 Å². The van der Waals surface area contributed by atoms with Gasteiger partial charge in [-0.25, -0.2) is 4.79 Å². The SMILES string of the molecule is CN(C)CC#Cc1cn(C(=O)OC(C)(C)C)c2ccccc12. The van der Waals surface area contributed by atoms with Crippen molar-refractivity contribution in [3.8, 4) is 11.8 Å². The molecule has 1 heterocycles. The number of benzene rings is 1. The van der Waals surface area contributed by atoms with Crippen molar-refractivity contribution < 1.29 is 9.53 Å². The zero-order chi connectivity index (χ0) is 16.3. The van der Waals surface area contributed by atoms with Crippen LogP contribution >= 0.6 is 0 Å². The van der Waals surface area contributed by atoms with Gasteiger partial charge < -0.3 is 4.74 Å². The first-order chi connectivity index (χ1) is 10.3. The summed E-state index contributed by atoms with van der Waals surface area (Å²) < 4.78 is 6.98. The molecule has 0 spiro atoms. The highest BCUT2D eigenvalue weighted by atomic mass is 16.6. The van der Waals surface area contributed by atoms with E-state index in [1.165, 1.54) is 4.57 Å². The number of carbonyl (C=O) groups is 1. The molecule has 0 saturated heterocycles. The van der Waals surface area contributed by atoms with Crippen LogP contribution in [-0.4, -0.2) is 41.8 Å². The van der Waals surface area contributed by atoms with Gasteiger partial charge in [0.25, 0.3) is 0 Å². The van der Waals surface area contributed by atoms with Gasteiger partial charge in [0.2, 0.25) is 0 Å². The van der Waals surface area contributed by atoms with E-state index < -0.39 is 5.60 Å². The maximum absolute atomic E-state index is 12.4. The zero-order valence-corrected chi connectivity index (χ0v) is 13.8. The number of nitrogens with zero attached hydrogens (tertiary/aromatic N) is 2. The highest BCUT2D eigenvalue weighted by molar-refractivity contribution is 5.93. The Balaban J connectivity index is 2.43. The average molecular weight is 298 g/mol. The van der Waals surface area contributed by atoms with Crippen LogP contribution in [0.1, 0.15) is 26.3 Å². The van der Waals surface area contributed by atoms with Crippen molar-refractivity contribution in [1.82, 2.24) is 9.47 Å². The van der Waals surface area contributed by atoms with E-state index in [2.05, 4.69) is 11.8 Å². The Kier molecular flexibility index (Phi) is 4.58. The molecule has 0 amide bonds. The molecule has 0 radical (unpaired) electrons. The molecule has 0 atom stereocenters. The number of ether oxygens (including phenoxy) is 1. The third-order valence-corrected chi connectivity index (χ3v) is 2.92. The molecule has 0 bridgehead atoms. The van der Waals surface area contributed by atoms with Gasteiger partial charge in [0.15, 0.2) is 0 Å². The van der Waals surface area contributed by atoms with Crippen molar-refractivity contribution in [2.24, 2.45) is 0 Å². The molecule has 0 aliphatic heterocycles. The number of hydrogen-bond donors (Lipinski definition) is 0. The smallest absolute Gasteiger partial charge is 0.419 e. The summed E-state index contributed by atoms with van der Waals surface area (Å²) in [5, 5.41) is 0.958. The summed E-state index contributed by atoms with van der Waals surface area (Å²) in [5.74, 6) is 6.24. The van der Waals surface area contributed by atoms with Crippen LogP contribution in [-0.2, 0) is 4.74 Å². The lowest BCUT2D eigenvalue weighted by atomic mass is 10.2. The number of fused-ring (bicyclic) bond motifs is 1. The molecule has 1 aromatic carbocycles. The minimum absolute atomic E-state index is 0.385. The molecule has 0 saturated carbocycles. The molecule has 22 heavy (non-hydrogen) atoms. The zero-order valence-electron chi connectivity index (χ0n) is 13.8. The van der Waals surface area contributed by atoms with Gasteiger partial charge in [-0.05, 0) is 40.9 Å². The number of carbonyl (C=O) groups excluding carboxylic acids is 1. The number of para-hydroxylation sites is 1. The molecule has 0 unspecified atom stereocenters. The Bertz CT molecular complexity index is 740. The van der Waals surface area contributed by atoms with Crippen LogP contribution in [0.5, 0.6) is 0 Å². The van der Waals surface area contributed by atoms with Gasteiger partial charge in [0.05, 0.1) is 17.6 Å². The minimum Gasteiger partial charge on any atom is -0.443 e. The van der Waals surface area contributed by atoms with E-state index in [1.807, 2.05) is 64.0 Å². The van der Waals surface area contributed by atoms with Crippen LogP contribution in [0.15, 0.2) is 30.5 Å². The van der Waals surface area contributed by atoms with Crippen molar-refractivity contribution in [3.63, 3.8) is 0 Å². The van der Waals surface area contributed by atoms with Gasteiger partial charge in [-0.15, -0.1) is 0 Å². The lowest BCUT2D eigenvalue weighted by Crippen LogP contribution is -2.26. The second-order valence-corrected chi connectivity index (χ2v) is 6.45. The molecule has 116 valence electrons. The Labute approximate surface area is 131 Å². The van der Waals surface area contributed by atoms with Crippen molar-refractivity contribution in [1.29, 1.82) is 0 Å². The summed E-state index contributed by atoms with van der Waals surface area (Å²) in [7, 11) is 3.94. The largest absolute Gasteiger partial charge is 0.443 e. The predicted octanol–water partition coefficient (Wildman–Crippen LogP) is 3.34. The van der Waals surface area contributed by atoms with Crippen LogP contribution in [0, 0.1) is 11.8 Å². The summed E-state index contributed by atoms with van der Waals surface area (Å²) in [6.45, 7) is 6.24. The molecule has 4 heteroatoms. The van der Waals surface area contributed by atoms with Gasteiger partial charge in [-0.3, -0.25) is 9.47 Å². The Morgan fingerprint density at radius 2 is 1.95 bits per heavy atom. The second kappa shape index (κ2) is 6.25. The average Bonchev–Trinajstić information content (AvgIpc) is 2.76. The molecular weight excluding hydrogens is 276 g/mol. The molecule has 0 N–H and O–H groups in total. The molecular formula is C18H22N2O2. The Morgan fingerprint density at radius 3 is 2.59 bits per heavy atom. The van der Waals surface area contributed by atoms with Gasteiger partial charge in [0, 0.05) is 11.6 Å². The van der Waals surface area contributed by atoms with Crippen LogP contribution in [0.3, 0.4) is 0 Å². The number of aromatic nitrogens is 1. The fourth-order valence-electron chi connectivity index (χ4n) is 2.03. The standard InChI is InChI=1S/C18H22N2O2/c1-18(2,3)22-17(21)20-13-14(9-8-12-19(4)5)15-10-6-7-11-16(15)20/h6-7,10-11,13H,12H2,1-5H3. The Morgan fingerprint density at radius 1 is 1.27 bits per heavy atom. The van der Waals surface area contributed by atoms with Crippen LogP contribution in [0.25, 0.3) is 10.9 Å². The minimum atomic E-state index is -0.529. The highest BCUT2D eigenvalue weighted by Crippen LogP contribution is 2.22. The van der Waals surface area contributed by atoms with Gasteiger partial charge in [-0.1, -0.05) is 30.0 Å². The molecule has 0 aliphatic rings. The van der Waals surface area contributed by atoms with Crippen LogP contribution in [0.2, 0.25) is 0 Å². The maximum atomic E-state index is 12.4. The molecule has 4 nitrogen and oxygen atoms in total. The number of hydrogen-bond acceptors (Lipinski definition) is 3. The fourth-order valence-corrected chi connectivity index (χ4v) is 2.03. The third-order valence-electron chi connectivity index (χ3n) is 2.92. The quantitative estimate of drug-likeness (QED) is 0.757. The van der Waals surface area contributed by atoms with E-state index in [4.69, 9.17) is 4.74 Å². The summed E-state index contributed by atoms with van der Waals surface area (Å²) in [6, 6.07) is 7.71. The van der Waals surface area contributed by atoms with Gasteiger partial charge >= 0.3 is 6.09 Å². The number of rotatable bonds is 1. The van der Waals surface area contributed by atoms with Crippen LogP contribution in [0.4, 0.5) is 4.79 Å². The maximum Gasteiger partial charge on any atom is 0.419 e. The molecule has 2 rings (SSSR count). The predicted molar refractivity (Wildman–Crippen MR) is 89.0 cm³/mol. The fraction of sp³-hybridized carbons (Fsp3) is 0.389. The highest BCUT2D eigenvalue weighted by Gasteiger charge is 2.20. The van der Waals surface area contributed by atoms with E-state index in [0.717, 1.165) is 16.5 Å². The normalized spacial score (nSPS) is 11.4. The summed E-state index contributed by atoms with van der Waals surface area (Å²) in [6.07, 6.45) is 1.37. The monoisotopic (exact) mass is 298 g/mol. The van der Waals surface area contributed by atoms with Crippen molar-refractivity contribution in [2.45, 2.75) is 26.4 Å². The summed E-state index contributed by atoms with van der Waals surface area (Å²) >= 11 is 0. The topological polar surface area (TPSA) is 34.5 Å². The van der Waals surface area contributed by atoms with Crippen molar-refractivity contribution in [2.75, 3.05) is 20.6 Å². The van der Waals surface area contributed by atoms with E-state index in [-0.39, 0.29) is 6.09 Å². The van der Waals surface area contributed by atoms with Crippen molar-refractivity contribution in [3.05, 3.63) is 36.0 Å². The van der Waals surface area contributed by atoms with E-state index >= 15 is 0 Å². The Hall–Kier alpha value is -2.25. The molecule has 1 aromatic heterocycles. The second-order valence-electron chi connectivity index (χ2n) is 6.45. The van der Waals surface area contributed by atoms with Crippen LogP contribution < -0.4 is 0 Å². The van der Waals surface area contributed by atoms with E-state index in [9.17, 15) is 4.79 Å². The lowest BCUT2D eigenvalue weighted by Gasteiger charge is -2.19. The van der Waals surface area contributed by atoms with Gasteiger partial charge in [-0.2, -0.15) is 0 Å². The molecule has 0 aliphatic carbocycles. The van der Waals surface area contributed by atoms with Gasteiger partial charge in [0.1, 0.15) is 5.60 Å². The third kappa shape index (κ3) is 3.90. The summed E-state index contributed by atoms with van der Waals surface area (Å²) in [5.41, 5.74) is 1.12. The lowest BCUT2D eigenvalue weighted by molar-refractivity contribution is 0.0544. The molecule has 0 fully saturated rings. The first-order valence-corrected chi connectivity index (χ1v) is 7.25. The molecule has 2 aromatic rings. The van der Waals surface area contributed by atoms with E-state index in [1.54, 1.807) is 6.20 Å². The van der Waals surface area contributed by atoms with E-state index in [0.29, 0.717) is 6.54 Å². The first kappa shape index (κ1) is 16.1. The summed E-state index contributed by atoms with van der Waals surface area (Å²) in [4.78, 5) is 14.4.